The number of carbonyl (C=O) groups is 1. The highest BCUT2D eigenvalue weighted by molar-refractivity contribution is 7.89. The summed E-state index contributed by atoms with van der Waals surface area (Å²) in [5.74, 6) is -0.187. The molecule has 2 heterocycles. The molecule has 8 nitrogen and oxygen atoms in total. The molecule has 2 aromatic rings. The molecule has 2 rings (SSSR count). The smallest absolute Gasteiger partial charge is 0.341 e. The summed E-state index contributed by atoms with van der Waals surface area (Å²) in [6.45, 7) is 2.95. The fourth-order valence-corrected chi connectivity index (χ4v) is 3.45. The Bertz CT molecular complexity index is 770. The number of nitrogens with zero attached hydrogens (tertiary/aromatic N) is 2. The van der Waals surface area contributed by atoms with Gasteiger partial charge >= 0.3 is 5.97 Å². The second kappa shape index (κ2) is 5.93. The van der Waals surface area contributed by atoms with Crippen LogP contribution in [0, 0.1) is 13.8 Å². The van der Waals surface area contributed by atoms with Crippen molar-refractivity contribution in [2.75, 3.05) is 14.2 Å². The maximum absolute atomic E-state index is 12.6. The molecule has 0 N–H and O–H groups in total. The van der Waals surface area contributed by atoms with Crippen LogP contribution in [0.3, 0.4) is 0 Å². The fraction of sp³-hybridized carbons (Fsp3) is 0.385. The average molecular weight is 328 g/mol. The number of hydrogen-bond acceptors (Lipinski definition) is 7. The van der Waals surface area contributed by atoms with Crippen LogP contribution in [-0.2, 0) is 21.3 Å². The molecule has 0 amide bonds. The first kappa shape index (κ1) is 16.2. The molecule has 120 valence electrons. The number of sulfonamides is 1. The quantitative estimate of drug-likeness (QED) is 0.766. The van der Waals surface area contributed by atoms with E-state index in [2.05, 4.69) is 9.89 Å². The van der Waals surface area contributed by atoms with Gasteiger partial charge in [-0.05, 0) is 19.9 Å². The van der Waals surface area contributed by atoms with Gasteiger partial charge in [-0.1, -0.05) is 5.16 Å². The van der Waals surface area contributed by atoms with Crippen molar-refractivity contribution in [1.82, 2.24) is 9.46 Å². The van der Waals surface area contributed by atoms with Gasteiger partial charge in [0.25, 0.3) is 0 Å². The zero-order valence-corrected chi connectivity index (χ0v) is 13.4. The Hall–Kier alpha value is -2.13. The van der Waals surface area contributed by atoms with Crippen LogP contribution < -0.4 is 0 Å². The van der Waals surface area contributed by atoms with E-state index in [0.717, 1.165) is 4.31 Å². The van der Waals surface area contributed by atoms with E-state index in [0.29, 0.717) is 0 Å². The van der Waals surface area contributed by atoms with Crippen LogP contribution in [0.5, 0.6) is 0 Å². The van der Waals surface area contributed by atoms with Crippen molar-refractivity contribution in [3.05, 3.63) is 35.1 Å². The number of aromatic nitrogens is 1. The number of methoxy groups -OCH3 is 1. The van der Waals surface area contributed by atoms with Crippen molar-refractivity contribution in [2.45, 2.75) is 25.3 Å². The molecule has 0 unspecified atom stereocenters. The van der Waals surface area contributed by atoms with Crippen LogP contribution in [0.15, 0.2) is 26.2 Å². The van der Waals surface area contributed by atoms with Gasteiger partial charge in [-0.3, -0.25) is 0 Å². The minimum atomic E-state index is -3.82. The van der Waals surface area contributed by atoms with Crippen molar-refractivity contribution in [1.29, 1.82) is 0 Å². The molecule has 9 heteroatoms. The summed E-state index contributed by atoms with van der Waals surface area (Å²) >= 11 is 0. The number of carbonyl (C=O) groups excluding carboxylic acids is 1. The van der Waals surface area contributed by atoms with Crippen LogP contribution in [0.4, 0.5) is 0 Å². The monoisotopic (exact) mass is 328 g/mol. The largest absolute Gasteiger partial charge is 0.467 e. The molecule has 0 radical (unpaired) electrons. The summed E-state index contributed by atoms with van der Waals surface area (Å²) in [6, 6.07) is 1.43. The van der Waals surface area contributed by atoms with Crippen LogP contribution in [0.1, 0.15) is 27.6 Å². The van der Waals surface area contributed by atoms with Gasteiger partial charge in [-0.25, -0.2) is 13.2 Å². The molecular formula is C13H16N2O6S. The molecule has 0 atom stereocenters. The molecule has 0 aliphatic heterocycles. The zero-order valence-electron chi connectivity index (χ0n) is 12.6. The van der Waals surface area contributed by atoms with E-state index < -0.39 is 16.0 Å². The number of furan rings is 1. The maximum Gasteiger partial charge on any atom is 0.341 e. The molecule has 22 heavy (non-hydrogen) atoms. The topological polar surface area (TPSA) is 103 Å². The SMILES string of the molecule is COC(=O)c1ccoc1CN(C)S(=O)(=O)c1c(C)noc1C. The van der Waals surface area contributed by atoms with Gasteiger partial charge in [0.1, 0.15) is 21.9 Å². The fourth-order valence-electron chi connectivity index (χ4n) is 2.04. The van der Waals surface area contributed by atoms with Gasteiger partial charge in [-0.15, -0.1) is 0 Å². The minimum Gasteiger partial charge on any atom is -0.467 e. The van der Waals surface area contributed by atoms with Gasteiger partial charge in [0.05, 0.1) is 19.9 Å². The Kier molecular flexibility index (Phi) is 4.38. The number of esters is 1. The normalized spacial score (nSPS) is 11.9. The van der Waals surface area contributed by atoms with Crippen LogP contribution in [0.2, 0.25) is 0 Å². The molecule has 0 spiro atoms. The predicted molar refractivity (Wildman–Crippen MR) is 74.7 cm³/mol. The lowest BCUT2D eigenvalue weighted by Gasteiger charge is -2.16. The standard InChI is InChI=1S/C13H16N2O6S/c1-8-12(9(2)21-14-8)22(17,18)15(3)7-11-10(5-6-20-11)13(16)19-4/h5-6H,7H2,1-4H3. The van der Waals surface area contributed by atoms with E-state index in [1.807, 2.05) is 0 Å². The minimum absolute atomic E-state index is 0.0150. The lowest BCUT2D eigenvalue weighted by molar-refractivity contribution is 0.0597. The van der Waals surface area contributed by atoms with E-state index in [4.69, 9.17) is 8.94 Å². The molecule has 0 aliphatic rings. The third-order valence-electron chi connectivity index (χ3n) is 3.15. The van der Waals surface area contributed by atoms with E-state index in [-0.39, 0.29) is 34.2 Å². The van der Waals surface area contributed by atoms with Gasteiger partial charge < -0.3 is 13.7 Å². The van der Waals surface area contributed by atoms with Crippen molar-refractivity contribution in [3.8, 4) is 0 Å². The summed E-state index contributed by atoms with van der Waals surface area (Å²) in [6.07, 6.45) is 1.30. The lowest BCUT2D eigenvalue weighted by Crippen LogP contribution is -2.27. The lowest BCUT2D eigenvalue weighted by atomic mass is 10.2. The van der Waals surface area contributed by atoms with Crippen molar-refractivity contribution >= 4 is 16.0 Å². The Morgan fingerprint density at radius 2 is 2.09 bits per heavy atom. The van der Waals surface area contributed by atoms with Crippen molar-refractivity contribution < 1.29 is 26.9 Å². The van der Waals surface area contributed by atoms with E-state index in [1.165, 1.54) is 33.4 Å². The predicted octanol–water partition coefficient (Wildman–Crippen LogP) is 1.49. The molecule has 0 aromatic carbocycles. The Morgan fingerprint density at radius 3 is 2.64 bits per heavy atom. The highest BCUT2D eigenvalue weighted by Crippen LogP contribution is 2.24. The Labute approximate surface area is 127 Å². The van der Waals surface area contributed by atoms with E-state index in [9.17, 15) is 13.2 Å². The third kappa shape index (κ3) is 2.77. The molecular weight excluding hydrogens is 312 g/mol. The highest BCUT2D eigenvalue weighted by atomic mass is 32.2. The zero-order chi connectivity index (χ0) is 16.5. The Morgan fingerprint density at radius 1 is 1.41 bits per heavy atom. The molecule has 0 saturated heterocycles. The summed E-state index contributed by atoms with van der Waals surface area (Å²) in [4.78, 5) is 11.6. The van der Waals surface area contributed by atoms with Crippen LogP contribution >= 0.6 is 0 Å². The molecule has 0 saturated carbocycles. The highest BCUT2D eigenvalue weighted by Gasteiger charge is 2.30. The summed E-state index contributed by atoms with van der Waals surface area (Å²) in [5.41, 5.74) is 0.459. The molecule has 0 fully saturated rings. The van der Waals surface area contributed by atoms with Crippen molar-refractivity contribution in [2.24, 2.45) is 0 Å². The second-order valence-electron chi connectivity index (χ2n) is 4.66. The van der Waals surface area contributed by atoms with E-state index in [1.54, 1.807) is 6.92 Å². The summed E-state index contributed by atoms with van der Waals surface area (Å²) in [5, 5.41) is 3.64. The first-order valence-electron chi connectivity index (χ1n) is 6.33. The first-order valence-corrected chi connectivity index (χ1v) is 7.77. The maximum atomic E-state index is 12.6. The number of aryl methyl sites for hydroxylation is 2. The average Bonchev–Trinajstić information content (AvgIpc) is 3.05. The second-order valence-corrected chi connectivity index (χ2v) is 6.65. The van der Waals surface area contributed by atoms with Gasteiger partial charge in [0.2, 0.25) is 10.0 Å². The van der Waals surface area contributed by atoms with E-state index >= 15 is 0 Å². The summed E-state index contributed by atoms with van der Waals surface area (Å²) < 4.78 is 40.9. The van der Waals surface area contributed by atoms with Crippen LogP contribution in [-0.4, -0.2) is 38.0 Å². The number of rotatable bonds is 5. The van der Waals surface area contributed by atoms with Gasteiger partial charge in [0, 0.05) is 7.05 Å². The summed E-state index contributed by atoms with van der Waals surface area (Å²) in [7, 11) is -1.20. The van der Waals surface area contributed by atoms with Gasteiger partial charge in [-0.2, -0.15) is 4.31 Å². The molecule has 2 aromatic heterocycles. The molecule has 0 bridgehead atoms. The van der Waals surface area contributed by atoms with Crippen molar-refractivity contribution in [3.63, 3.8) is 0 Å². The first-order chi connectivity index (χ1) is 10.3. The Balaban J connectivity index is 2.32. The number of ether oxygens (including phenoxy) is 1. The van der Waals surface area contributed by atoms with Crippen LogP contribution in [0.25, 0.3) is 0 Å². The number of hydrogen-bond donors (Lipinski definition) is 0. The third-order valence-corrected chi connectivity index (χ3v) is 5.20. The van der Waals surface area contributed by atoms with Gasteiger partial charge in [0.15, 0.2) is 5.76 Å². The molecule has 0 aliphatic carbocycles.